The Kier molecular flexibility index (Phi) is 5.23. The fraction of sp³-hybridized carbons (Fsp3) is 0.0417. The van der Waals surface area contributed by atoms with Gasteiger partial charge < -0.3 is 15.0 Å². The minimum atomic E-state index is -0.348. The van der Waals surface area contributed by atoms with E-state index >= 15 is 0 Å². The third kappa shape index (κ3) is 4.13. The summed E-state index contributed by atoms with van der Waals surface area (Å²) in [6.45, 7) is 0.417. The summed E-state index contributed by atoms with van der Waals surface area (Å²) in [4.78, 5) is 16.2. The quantitative estimate of drug-likeness (QED) is 0.369. The molecule has 1 amide bonds. The normalized spacial score (nSPS) is 10.6. The van der Waals surface area contributed by atoms with Gasteiger partial charge in [0.2, 0.25) is 0 Å². The smallest absolute Gasteiger partial charge is 0.272 e. The second-order valence-corrected chi connectivity index (χ2v) is 7.25. The van der Waals surface area contributed by atoms with Crippen molar-refractivity contribution in [3.05, 3.63) is 89.6 Å². The van der Waals surface area contributed by atoms with Crippen LogP contribution in [0, 0.1) is 11.3 Å². The van der Waals surface area contributed by atoms with Crippen LogP contribution in [0.2, 0.25) is 0 Å². The number of benzene rings is 3. The monoisotopic (exact) mass is 435 g/mol. The van der Waals surface area contributed by atoms with Gasteiger partial charge in [-0.1, -0.05) is 42.5 Å². The van der Waals surface area contributed by atoms with Crippen molar-refractivity contribution in [3.63, 3.8) is 0 Å². The van der Waals surface area contributed by atoms with E-state index in [-0.39, 0.29) is 5.91 Å². The Hall–Kier alpha value is -4.97. The van der Waals surface area contributed by atoms with E-state index in [9.17, 15) is 10.1 Å². The number of aromatic nitrogens is 5. The second kappa shape index (κ2) is 8.64. The highest BCUT2D eigenvalue weighted by Gasteiger charge is 2.16. The SMILES string of the molecule is N#Cc1ccc(NC(=O)c2cc3cccc(OCc4ccccc4)c3[nH]2)c(-c2nnn[nH]2)c1. The number of para-hydroxylation sites is 1. The lowest BCUT2D eigenvalue weighted by molar-refractivity contribution is 0.102. The van der Waals surface area contributed by atoms with Gasteiger partial charge in [-0.25, -0.2) is 5.10 Å². The van der Waals surface area contributed by atoms with E-state index in [1.165, 1.54) is 0 Å². The molecule has 0 aliphatic rings. The van der Waals surface area contributed by atoms with Crippen molar-refractivity contribution in [2.45, 2.75) is 6.61 Å². The first-order valence-corrected chi connectivity index (χ1v) is 10.1. The highest BCUT2D eigenvalue weighted by atomic mass is 16.5. The average Bonchev–Trinajstić information content (AvgIpc) is 3.54. The van der Waals surface area contributed by atoms with Crippen molar-refractivity contribution in [2.75, 3.05) is 5.32 Å². The molecule has 2 heterocycles. The Morgan fingerprint density at radius 3 is 2.73 bits per heavy atom. The molecule has 0 spiro atoms. The maximum absolute atomic E-state index is 13.0. The third-order valence-corrected chi connectivity index (χ3v) is 5.10. The first-order chi connectivity index (χ1) is 16.2. The van der Waals surface area contributed by atoms with Gasteiger partial charge in [0.05, 0.1) is 22.8 Å². The van der Waals surface area contributed by atoms with Crippen LogP contribution in [0.4, 0.5) is 5.69 Å². The van der Waals surface area contributed by atoms with E-state index in [0.717, 1.165) is 16.5 Å². The number of H-pyrrole nitrogens is 2. The molecular formula is C24H17N7O2. The van der Waals surface area contributed by atoms with E-state index in [4.69, 9.17) is 4.74 Å². The predicted molar refractivity (Wildman–Crippen MR) is 121 cm³/mol. The second-order valence-electron chi connectivity index (χ2n) is 7.25. The maximum atomic E-state index is 13.0. The van der Waals surface area contributed by atoms with Crippen LogP contribution in [-0.4, -0.2) is 31.5 Å². The van der Waals surface area contributed by atoms with Crippen LogP contribution in [0.5, 0.6) is 5.75 Å². The fourth-order valence-electron chi connectivity index (χ4n) is 3.49. The molecule has 0 radical (unpaired) electrons. The summed E-state index contributed by atoms with van der Waals surface area (Å²) in [5.41, 5.74) is 3.55. The number of fused-ring (bicyclic) bond motifs is 1. The lowest BCUT2D eigenvalue weighted by Gasteiger charge is -2.09. The molecule has 0 atom stereocenters. The van der Waals surface area contributed by atoms with E-state index < -0.39 is 0 Å². The largest absolute Gasteiger partial charge is 0.487 e. The number of tetrazole rings is 1. The summed E-state index contributed by atoms with van der Waals surface area (Å²) >= 11 is 0. The van der Waals surface area contributed by atoms with Crippen LogP contribution in [0.3, 0.4) is 0 Å². The van der Waals surface area contributed by atoms with E-state index in [1.54, 1.807) is 24.3 Å². The van der Waals surface area contributed by atoms with Crippen molar-refractivity contribution in [1.29, 1.82) is 5.26 Å². The van der Waals surface area contributed by atoms with Crippen LogP contribution >= 0.6 is 0 Å². The lowest BCUT2D eigenvalue weighted by atomic mass is 10.1. The van der Waals surface area contributed by atoms with Gasteiger partial charge in [-0.3, -0.25) is 4.79 Å². The fourth-order valence-corrected chi connectivity index (χ4v) is 3.49. The Morgan fingerprint density at radius 1 is 1.06 bits per heavy atom. The Morgan fingerprint density at radius 2 is 1.94 bits per heavy atom. The summed E-state index contributed by atoms with van der Waals surface area (Å²) in [7, 11) is 0. The molecular weight excluding hydrogens is 418 g/mol. The average molecular weight is 435 g/mol. The number of amides is 1. The van der Waals surface area contributed by atoms with Crippen molar-refractivity contribution in [2.24, 2.45) is 0 Å². The highest BCUT2D eigenvalue weighted by molar-refractivity contribution is 6.08. The van der Waals surface area contributed by atoms with Gasteiger partial charge in [-0.2, -0.15) is 5.26 Å². The molecule has 5 rings (SSSR count). The highest BCUT2D eigenvalue weighted by Crippen LogP contribution is 2.29. The number of nitriles is 1. The molecule has 9 heteroatoms. The summed E-state index contributed by atoms with van der Waals surface area (Å²) in [6.07, 6.45) is 0. The Labute approximate surface area is 188 Å². The first-order valence-electron chi connectivity index (χ1n) is 10.1. The van der Waals surface area contributed by atoms with Crippen LogP contribution in [0.25, 0.3) is 22.3 Å². The molecule has 9 nitrogen and oxygen atoms in total. The van der Waals surface area contributed by atoms with Gasteiger partial charge >= 0.3 is 0 Å². The number of carbonyl (C=O) groups is 1. The molecule has 3 N–H and O–H groups in total. The van der Waals surface area contributed by atoms with Gasteiger partial charge in [-0.05, 0) is 46.3 Å². The molecule has 2 aromatic heterocycles. The van der Waals surface area contributed by atoms with Gasteiger partial charge in [-0.15, -0.1) is 5.10 Å². The minimum Gasteiger partial charge on any atom is -0.487 e. The number of nitrogens with zero attached hydrogens (tertiary/aromatic N) is 4. The zero-order valence-electron chi connectivity index (χ0n) is 17.2. The van der Waals surface area contributed by atoms with Crippen LogP contribution in [0.15, 0.2) is 72.8 Å². The van der Waals surface area contributed by atoms with Crippen molar-refractivity contribution >= 4 is 22.5 Å². The number of rotatable bonds is 6. The first kappa shape index (κ1) is 20.0. The number of aromatic amines is 2. The van der Waals surface area contributed by atoms with Crippen molar-refractivity contribution in [3.8, 4) is 23.2 Å². The molecule has 0 aliphatic heterocycles. The molecule has 0 saturated heterocycles. The maximum Gasteiger partial charge on any atom is 0.272 e. The molecule has 0 aliphatic carbocycles. The van der Waals surface area contributed by atoms with Gasteiger partial charge in [0.15, 0.2) is 5.82 Å². The number of anilines is 1. The van der Waals surface area contributed by atoms with Crippen molar-refractivity contribution in [1.82, 2.24) is 25.6 Å². The minimum absolute atomic E-state index is 0.343. The number of nitrogens with one attached hydrogen (secondary N) is 3. The van der Waals surface area contributed by atoms with Gasteiger partial charge in [0, 0.05) is 10.9 Å². The van der Waals surface area contributed by atoms with Crippen LogP contribution in [0.1, 0.15) is 21.6 Å². The van der Waals surface area contributed by atoms with E-state index in [2.05, 4.69) is 37.0 Å². The molecule has 33 heavy (non-hydrogen) atoms. The number of ether oxygens (including phenoxy) is 1. The molecule has 0 bridgehead atoms. The number of hydrogen-bond donors (Lipinski definition) is 3. The molecule has 0 saturated carbocycles. The lowest BCUT2D eigenvalue weighted by Crippen LogP contribution is -2.13. The number of carbonyl (C=O) groups excluding carboxylic acids is 1. The summed E-state index contributed by atoms with van der Waals surface area (Å²) < 4.78 is 5.99. The summed E-state index contributed by atoms with van der Waals surface area (Å²) in [5.74, 6) is 0.650. The zero-order chi connectivity index (χ0) is 22.6. The molecule has 3 aromatic carbocycles. The predicted octanol–water partition coefficient (Wildman–Crippen LogP) is 4.05. The molecule has 160 valence electrons. The van der Waals surface area contributed by atoms with E-state index in [1.807, 2.05) is 48.5 Å². The van der Waals surface area contributed by atoms with Crippen LogP contribution < -0.4 is 10.1 Å². The standard InChI is InChI=1S/C24H17N7O2/c25-13-16-9-10-19(18(11-16)23-28-30-31-29-23)27-24(32)20-12-17-7-4-8-21(22(17)26-20)33-14-15-5-2-1-3-6-15/h1-12,26H,14H2,(H,27,32)(H,28,29,30,31). The van der Waals surface area contributed by atoms with E-state index in [0.29, 0.717) is 40.7 Å². The Balaban J connectivity index is 1.41. The molecule has 5 aromatic rings. The zero-order valence-corrected chi connectivity index (χ0v) is 17.2. The number of hydrogen-bond acceptors (Lipinski definition) is 6. The molecule has 0 fully saturated rings. The third-order valence-electron chi connectivity index (χ3n) is 5.10. The van der Waals surface area contributed by atoms with Crippen LogP contribution in [-0.2, 0) is 6.61 Å². The van der Waals surface area contributed by atoms with Crippen molar-refractivity contribution < 1.29 is 9.53 Å². The molecule has 0 unspecified atom stereocenters. The van der Waals surface area contributed by atoms with Gasteiger partial charge in [0.1, 0.15) is 18.1 Å². The van der Waals surface area contributed by atoms with Gasteiger partial charge in [0.25, 0.3) is 5.91 Å². The summed E-state index contributed by atoms with van der Waals surface area (Å²) in [5, 5.41) is 26.6. The Bertz CT molecular complexity index is 1470. The topological polar surface area (TPSA) is 132 Å². The summed E-state index contributed by atoms with van der Waals surface area (Å²) in [6, 6.07) is 24.2.